The fraction of sp³-hybridized carbons (Fsp3) is 0.421. The van der Waals surface area contributed by atoms with Crippen LogP contribution in [0.15, 0.2) is 24.3 Å². The number of esters is 1. The van der Waals surface area contributed by atoms with E-state index < -0.39 is 23.9 Å². The van der Waals surface area contributed by atoms with Crippen LogP contribution in [-0.4, -0.2) is 48.7 Å². The average molecular weight is 360 g/mol. The second-order valence-corrected chi connectivity index (χ2v) is 5.47. The van der Waals surface area contributed by atoms with Crippen molar-refractivity contribution in [3.63, 3.8) is 0 Å². The molecular formula is C19H24N2O5. The van der Waals surface area contributed by atoms with Gasteiger partial charge in [0.15, 0.2) is 0 Å². The molecule has 7 nitrogen and oxygen atoms in total. The molecule has 140 valence electrons. The van der Waals surface area contributed by atoms with E-state index in [9.17, 15) is 19.5 Å². The number of ether oxygens (including phenoxy) is 1. The van der Waals surface area contributed by atoms with Gasteiger partial charge < -0.3 is 20.1 Å². The van der Waals surface area contributed by atoms with E-state index in [1.165, 1.54) is 0 Å². The fourth-order valence-corrected chi connectivity index (χ4v) is 2.31. The zero-order valence-electron chi connectivity index (χ0n) is 15.0. The fourth-order valence-electron chi connectivity index (χ4n) is 2.31. The molecule has 0 radical (unpaired) electrons. The molecule has 2 N–H and O–H groups in total. The number of terminal acetylenes is 1. The van der Waals surface area contributed by atoms with Crippen molar-refractivity contribution in [2.75, 3.05) is 24.6 Å². The number of aliphatic carboxylic acids is 1. The van der Waals surface area contributed by atoms with Crippen molar-refractivity contribution in [2.45, 2.75) is 32.7 Å². The van der Waals surface area contributed by atoms with Gasteiger partial charge in [-0.25, -0.2) is 4.79 Å². The number of carbonyl (C=O) groups is 3. The summed E-state index contributed by atoms with van der Waals surface area (Å²) in [6.45, 7) is 5.05. The van der Waals surface area contributed by atoms with E-state index in [0.29, 0.717) is 12.1 Å². The Morgan fingerprint density at radius 1 is 1.27 bits per heavy atom. The first-order valence-electron chi connectivity index (χ1n) is 8.40. The Morgan fingerprint density at radius 3 is 2.42 bits per heavy atom. The van der Waals surface area contributed by atoms with E-state index in [1.54, 1.807) is 31.2 Å². The van der Waals surface area contributed by atoms with Crippen molar-refractivity contribution >= 4 is 23.5 Å². The Labute approximate surface area is 153 Å². The number of hydrogen-bond acceptors (Lipinski definition) is 5. The summed E-state index contributed by atoms with van der Waals surface area (Å²) in [6, 6.07) is 5.55. The van der Waals surface area contributed by atoms with Crippen LogP contribution in [0.25, 0.3) is 0 Å². The zero-order chi connectivity index (χ0) is 19.5. The van der Waals surface area contributed by atoms with Crippen molar-refractivity contribution in [1.29, 1.82) is 0 Å². The summed E-state index contributed by atoms with van der Waals surface area (Å²) < 4.78 is 4.76. The zero-order valence-corrected chi connectivity index (χ0v) is 15.0. The molecule has 0 saturated heterocycles. The molecule has 26 heavy (non-hydrogen) atoms. The van der Waals surface area contributed by atoms with Crippen LogP contribution in [0, 0.1) is 12.3 Å². The molecule has 0 heterocycles. The van der Waals surface area contributed by atoms with E-state index in [4.69, 9.17) is 11.2 Å². The second-order valence-electron chi connectivity index (χ2n) is 5.47. The van der Waals surface area contributed by atoms with Crippen molar-refractivity contribution in [3.8, 4) is 12.3 Å². The first kappa shape index (κ1) is 21.0. The standard InChI is InChI=1S/C19H24N2O5/c1-4-13-21(5-2)15-9-7-14(8-10-15)18(23)20-16(19(24)25)11-12-17(22)26-6-3/h1,7-10,16H,5-6,11-13H2,2-3H3,(H,20,23)(H,24,25). The van der Waals surface area contributed by atoms with E-state index in [1.807, 2.05) is 11.8 Å². The number of carboxylic acids is 1. The third kappa shape index (κ3) is 6.48. The first-order valence-corrected chi connectivity index (χ1v) is 8.40. The Kier molecular flexibility index (Phi) is 8.71. The van der Waals surface area contributed by atoms with Gasteiger partial charge in [0.05, 0.1) is 13.2 Å². The van der Waals surface area contributed by atoms with Gasteiger partial charge in [0.1, 0.15) is 6.04 Å². The summed E-state index contributed by atoms with van der Waals surface area (Å²) in [4.78, 5) is 36.9. The number of amides is 1. The Hall–Kier alpha value is -3.01. The van der Waals surface area contributed by atoms with Crippen molar-refractivity contribution in [3.05, 3.63) is 29.8 Å². The van der Waals surface area contributed by atoms with Gasteiger partial charge in [0, 0.05) is 24.2 Å². The maximum atomic E-state index is 12.3. The highest BCUT2D eigenvalue weighted by Gasteiger charge is 2.22. The SMILES string of the molecule is C#CCN(CC)c1ccc(C(=O)NC(CCC(=O)OCC)C(=O)O)cc1. The molecule has 1 amide bonds. The smallest absolute Gasteiger partial charge is 0.326 e. The Bertz CT molecular complexity index is 664. The Morgan fingerprint density at radius 2 is 1.92 bits per heavy atom. The first-order chi connectivity index (χ1) is 12.4. The van der Waals surface area contributed by atoms with E-state index >= 15 is 0 Å². The molecule has 0 spiro atoms. The maximum Gasteiger partial charge on any atom is 0.326 e. The molecule has 1 aromatic rings. The van der Waals surface area contributed by atoms with Crippen LogP contribution in [0.5, 0.6) is 0 Å². The van der Waals surface area contributed by atoms with Crippen LogP contribution in [-0.2, 0) is 14.3 Å². The summed E-state index contributed by atoms with van der Waals surface area (Å²) >= 11 is 0. The molecule has 0 aliphatic carbocycles. The Balaban J connectivity index is 2.73. The number of hydrogen-bond donors (Lipinski definition) is 2. The summed E-state index contributed by atoms with van der Waals surface area (Å²) in [7, 11) is 0. The van der Waals surface area contributed by atoms with Gasteiger partial charge in [-0.05, 0) is 44.5 Å². The number of carbonyl (C=O) groups excluding carboxylic acids is 2. The second kappa shape index (κ2) is 10.8. The van der Waals surface area contributed by atoms with Crippen LogP contribution >= 0.6 is 0 Å². The number of nitrogens with one attached hydrogen (secondary N) is 1. The van der Waals surface area contributed by atoms with Gasteiger partial charge in [-0.15, -0.1) is 6.42 Å². The molecule has 0 aliphatic heterocycles. The minimum atomic E-state index is -1.20. The lowest BCUT2D eigenvalue weighted by atomic mass is 10.1. The summed E-state index contributed by atoms with van der Waals surface area (Å²) in [5.74, 6) is 0.350. The molecule has 0 bridgehead atoms. The van der Waals surface area contributed by atoms with Crippen molar-refractivity contribution < 1.29 is 24.2 Å². The molecule has 1 rings (SSSR count). The number of carboxylic acid groups (broad SMARTS) is 1. The lowest BCUT2D eigenvalue weighted by molar-refractivity contribution is -0.144. The van der Waals surface area contributed by atoms with E-state index in [2.05, 4.69) is 11.2 Å². The minimum absolute atomic E-state index is 0.0379. The highest BCUT2D eigenvalue weighted by Crippen LogP contribution is 2.15. The third-order valence-corrected chi connectivity index (χ3v) is 3.70. The lowest BCUT2D eigenvalue weighted by Crippen LogP contribution is -2.41. The van der Waals surface area contributed by atoms with E-state index in [0.717, 1.165) is 12.2 Å². The molecule has 0 aromatic heterocycles. The molecule has 0 saturated carbocycles. The summed E-state index contributed by atoms with van der Waals surface area (Å²) in [6.07, 6.45) is 5.21. The summed E-state index contributed by atoms with van der Waals surface area (Å²) in [5, 5.41) is 11.7. The van der Waals surface area contributed by atoms with Crippen LogP contribution < -0.4 is 10.2 Å². The van der Waals surface area contributed by atoms with Gasteiger partial charge in [-0.3, -0.25) is 9.59 Å². The lowest BCUT2D eigenvalue weighted by Gasteiger charge is -2.20. The van der Waals surface area contributed by atoms with Gasteiger partial charge in [0.2, 0.25) is 0 Å². The van der Waals surface area contributed by atoms with Gasteiger partial charge >= 0.3 is 11.9 Å². The quantitative estimate of drug-likeness (QED) is 0.487. The monoisotopic (exact) mass is 360 g/mol. The number of benzene rings is 1. The number of rotatable bonds is 10. The average Bonchev–Trinajstić information content (AvgIpc) is 2.63. The van der Waals surface area contributed by atoms with Crippen molar-refractivity contribution in [1.82, 2.24) is 5.32 Å². The normalized spacial score (nSPS) is 11.1. The molecule has 7 heteroatoms. The molecule has 0 fully saturated rings. The van der Waals surface area contributed by atoms with Gasteiger partial charge in [-0.1, -0.05) is 5.92 Å². The highest BCUT2D eigenvalue weighted by molar-refractivity contribution is 5.97. The van der Waals surface area contributed by atoms with Gasteiger partial charge in [0.25, 0.3) is 5.91 Å². The highest BCUT2D eigenvalue weighted by atomic mass is 16.5. The largest absolute Gasteiger partial charge is 0.480 e. The topological polar surface area (TPSA) is 95.9 Å². The van der Waals surface area contributed by atoms with Crippen LogP contribution in [0.4, 0.5) is 5.69 Å². The predicted molar refractivity (Wildman–Crippen MR) is 97.9 cm³/mol. The third-order valence-electron chi connectivity index (χ3n) is 3.70. The number of anilines is 1. The molecule has 1 aromatic carbocycles. The van der Waals surface area contributed by atoms with Crippen LogP contribution in [0.1, 0.15) is 37.0 Å². The van der Waals surface area contributed by atoms with E-state index in [-0.39, 0.29) is 19.4 Å². The maximum absolute atomic E-state index is 12.3. The molecule has 1 unspecified atom stereocenters. The van der Waals surface area contributed by atoms with Gasteiger partial charge in [-0.2, -0.15) is 0 Å². The van der Waals surface area contributed by atoms with Crippen LogP contribution in [0.2, 0.25) is 0 Å². The molecular weight excluding hydrogens is 336 g/mol. The van der Waals surface area contributed by atoms with Crippen LogP contribution in [0.3, 0.4) is 0 Å². The predicted octanol–water partition coefficient (Wildman–Crippen LogP) is 1.67. The van der Waals surface area contributed by atoms with Crippen molar-refractivity contribution in [2.24, 2.45) is 0 Å². The molecule has 0 aliphatic rings. The minimum Gasteiger partial charge on any atom is -0.480 e. The summed E-state index contributed by atoms with van der Waals surface area (Å²) in [5.41, 5.74) is 1.20. The number of nitrogens with zero attached hydrogens (tertiary/aromatic N) is 1. The molecule has 1 atom stereocenters.